The number of hydrogen-bond donors (Lipinski definition) is 0. The maximum atomic E-state index is 13.3. The van der Waals surface area contributed by atoms with Crippen molar-refractivity contribution in [1.29, 1.82) is 0 Å². The van der Waals surface area contributed by atoms with E-state index in [4.69, 9.17) is 19.2 Å². The Morgan fingerprint density at radius 2 is 1.62 bits per heavy atom. The van der Waals surface area contributed by atoms with Crippen molar-refractivity contribution in [3.63, 3.8) is 0 Å². The van der Waals surface area contributed by atoms with E-state index in [1.54, 1.807) is 4.90 Å². The number of benzene rings is 1. The van der Waals surface area contributed by atoms with Crippen LogP contribution in [0.3, 0.4) is 0 Å². The number of pyridine rings is 1. The molecule has 0 aliphatic carbocycles. The van der Waals surface area contributed by atoms with Crippen molar-refractivity contribution < 1.29 is 28.6 Å². The molecule has 9 nitrogen and oxygen atoms in total. The Morgan fingerprint density at radius 3 is 2.21 bits per heavy atom. The van der Waals surface area contributed by atoms with E-state index in [0.717, 1.165) is 16.8 Å². The molecule has 0 radical (unpaired) electrons. The zero-order valence-electron chi connectivity index (χ0n) is 24.3. The number of ether oxygens (including phenoxy) is 3. The van der Waals surface area contributed by atoms with Gasteiger partial charge in [-0.1, -0.05) is 30.3 Å². The molecule has 2 atom stereocenters. The molecule has 3 rings (SSSR count). The third-order valence-electron chi connectivity index (χ3n) is 5.90. The fourth-order valence-electron chi connectivity index (χ4n) is 4.41. The Kier molecular flexibility index (Phi) is 9.25. The predicted molar refractivity (Wildman–Crippen MR) is 148 cm³/mol. The highest BCUT2D eigenvalue weighted by molar-refractivity contribution is 5.86. The minimum absolute atomic E-state index is 0.187. The van der Waals surface area contributed by atoms with E-state index in [1.165, 1.54) is 11.8 Å². The number of nitrogens with zero attached hydrogens (tertiary/aromatic N) is 3. The van der Waals surface area contributed by atoms with E-state index in [-0.39, 0.29) is 19.0 Å². The minimum Gasteiger partial charge on any atom is -0.460 e. The molecule has 2 amide bonds. The van der Waals surface area contributed by atoms with Crippen LogP contribution in [0.2, 0.25) is 0 Å². The molecule has 1 saturated heterocycles. The molecule has 0 N–H and O–H groups in total. The molecule has 2 aromatic rings. The standard InChI is InChI=1S/C30H41N3O6/c1-20-14-24(16-23-18-32(19-25(23)37-21(2)34)27(35)38-29(3,4)5)31-26(15-20)33(28(36)39-30(6,7)8)17-22-12-10-9-11-13-22/h9-15,23,25H,16-19H2,1-8H3/t23-,25-/m1/s1. The number of anilines is 1. The number of esters is 1. The van der Waals surface area contributed by atoms with Gasteiger partial charge in [0.05, 0.1) is 13.1 Å². The van der Waals surface area contributed by atoms with Crippen LogP contribution in [0.15, 0.2) is 42.5 Å². The molecule has 2 heterocycles. The molecule has 0 saturated carbocycles. The molecule has 212 valence electrons. The largest absolute Gasteiger partial charge is 0.460 e. The topological polar surface area (TPSA) is 98.3 Å². The number of rotatable bonds is 6. The van der Waals surface area contributed by atoms with Crippen LogP contribution >= 0.6 is 0 Å². The van der Waals surface area contributed by atoms with Crippen molar-refractivity contribution in [1.82, 2.24) is 9.88 Å². The fourth-order valence-corrected chi connectivity index (χ4v) is 4.41. The molecular weight excluding hydrogens is 498 g/mol. The Balaban J connectivity index is 1.89. The second-order valence-corrected chi connectivity index (χ2v) is 12.0. The van der Waals surface area contributed by atoms with Crippen molar-refractivity contribution in [2.45, 2.75) is 85.7 Å². The van der Waals surface area contributed by atoms with Crippen molar-refractivity contribution in [3.8, 4) is 0 Å². The predicted octanol–water partition coefficient (Wildman–Crippen LogP) is 5.67. The van der Waals surface area contributed by atoms with Crippen LogP contribution in [0.1, 0.15) is 65.3 Å². The smallest absolute Gasteiger partial charge is 0.416 e. The minimum atomic E-state index is -0.676. The first kappa shape index (κ1) is 29.9. The lowest BCUT2D eigenvalue weighted by atomic mass is 9.98. The van der Waals surface area contributed by atoms with E-state index in [2.05, 4.69) is 0 Å². The summed E-state index contributed by atoms with van der Waals surface area (Å²) >= 11 is 0. The average molecular weight is 540 g/mol. The highest BCUT2D eigenvalue weighted by Crippen LogP contribution is 2.28. The summed E-state index contributed by atoms with van der Waals surface area (Å²) in [5, 5.41) is 0. The van der Waals surface area contributed by atoms with Gasteiger partial charge in [-0.05, 0) is 78.1 Å². The monoisotopic (exact) mass is 539 g/mol. The fraction of sp³-hybridized carbons (Fsp3) is 0.533. The lowest BCUT2D eigenvalue weighted by Crippen LogP contribution is -2.37. The summed E-state index contributed by atoms with van der Waals surface area (Å²) in [5.74, 6) is -0.130. The number of likely N-dealkylation sites (tertiary alicyclic amines) is 1. The molecule has 0 bridgehead atoms. The summed E-state index contributed by atoms with van der Waals surface area (Å²) in [6, 6.07) is 13.4. The quantitative estimate of drug-likeness (QED) is 0.344. The van der Waals surface area contributed by atoms with Crippen LogP contribution in [0.5, 0.6) is 0 Å². The van der Waals surface area contributed by atoms with Crippen LogP contribution in [0, 0.1) is 12.8 Å². The van der Waals surface area contributed by atoms with Crippen molar-refractivity contribution in [2.75, 3.05) is 18.0 Å². The maximum absolute atomic E-state index is 13.3. The molecule has 1 aromatic heterocycles. The van der Waals surface area contributed by atoms with Crippen LogP contribution in [0.4, 0.5) is 15.4 Å². The first-order chi connectivity index (χ1) is 18.1. The van der Waals surface area contributed by atoms with Gasteiger partial charge in [0.25, 0.3) is 0 Å². The van der Waals surface area contributed by atoms with Gasteiger partial charge >= 0.3 is 18.2 Å². The summed E-state index contributed by atoms with van der Waals surface area (Å²) < 4.78 is 16.8. The number of carbonyl (C=O) groups is 3. The molecule has 9 heteroatoms. The molecule has 1 aromatic carbocycles. The Hall–Kier alpha value is -3.62. The van der Waals surface area contributed by atoms with Gasteiger partial charge in [-0.15, -0.1) is 0 Å². The van der Waals surface area contributed by atoms with Gasteiger partial charge in [-0.2, -0.15) is 0 Å². The average Bonchev–Trinajstić information content (AvgIpc) is 3.17. The lowest BCUT2D eigenvalue weighted by molar-refractivity contribution is -0.147. The van der Waals surface area contributed by atoms with E-state index in [1.807, 2.05) is 90.9 Å². The molecule has 1 aliphatic heterocycles. The second-order valence-electron chi connectivity index (χ2n) is 12.0. The van der Waals surface area contributed by atoms with E-state index < -0.39 is 35.5 Å². The van der Waals surface area contributed by atoms with Crippen LogP contribution in [-0.4, -0.2) is 58.4 Å². The summed E-state index contributed by atoms with van der Waals surface area (Å²) in [4.78, 5) is 45.8. The molecule has 39 heavy (non-hydrogen) atoms. The lowest BCUT2D eigenvalue weighted by Gasteiger charge is -2.27. The van der Waals surface area contributed by atoms with Gasteiger partial charge in [0.1, 0.15) is 23.1 Å². The van der Waals surface area contributed by atoms with Gasteiger partial charge in [0.2, 0.25) is 0 Å². The Morgan fingerprint density at radius 1 is 0.974 bits per heavy atom. The van der Waals surface area contributed by atoms with Crippen LogP contribution < -0.4 is 4.90 Å². The van der Waals surface area contributed by atoms with E-state index in [0.29, 0.717) is 18.8 Å². The highest BCUT2D eigenvalue weighted by Gasteiger charge is 2.39. The summed E-state index contributed by atoms with van der Waals surface area (Å²) in [6.07, 6.45) is -0.990. The SMILES string of the molecule is CC(=O)O[C@@H]1CN(C(=O)OC(C)(C)C)C[C@H]1Cc1cc(C)cc(N(Cc2ccccc2)C(=O)OC(C)(C)C)n1. The van der Waals surface area contributed by atoms with Gasteiger partial charge in [-0.3, -0.25) is 9.69 Å². The first-order valence-corrected chi connectivity index (χ1v) is 13.3. The normalized spacial score (nSPS) is 17.5. The van der Waals surface area contributed by atoms with Crippen molar-refractivity contribution in [3.05, 3.63) is 59.3 Å². The van der Waals surface area contributed by atoms with Crippen molar-refractivity contribution >= 4 is 24.0 Å². The summed E-state index contributed by atoms with van der Waals surface area (Å²) in [7, 11) is 0. The van der Waals surface area contributed by atoms with E-state index >= 15 is 0 Å². The van der Waals surface area contributed by atoms with Crippen LogP contribution in [0.25, 0.3) is 0 Å². The Bertz CT molecular complexity index is 1170. The van der Waals surface area contributed by atoms with Gasteiger partial charge in [-0.25, -0.2) is 14.6 Å². The highest BCUT2D eigenvalue weighted by atomic mass is 16.6. The summed E-state index contributed by atoms with van der Waals surface area (Å²) in [5.41, 5.74) is 1.27. The molecule has 1 aliphatic rings. The van der Waals surface area contributed by atoms with E-state index in [9.17, 15) is 14.4 Å². The van der Waals surface area contributed by atoms with Gasteiger partial charge in [0, 0.05) is 25.1 Å². The zero-order chi connectivity index (χ0) is 29.0. The van der Waals surface area contributed by atoms with Gasteiger partial charge < -0.3 is 19.1 Å². The molecule has 0 unspecified atom stereocenters. The molecular formula is C30H41N3O6. The Labute approximate surface area is 231 Å². The summed E-state index contributed by atoms with van der Waals surface area (Å²) in [6.45, 7) is 15.1. The maximum Gasteiger partial charge on any atom is 0.416 e. The number of hydrogen-bond acceptors (Lipinski definition) is 7. The molecule has 0 spiro atoms. The third kappa shape index (κ3) is 9.26. The van der Waals surface area contributed by atoms with Crippen LogP contribution in [-0.2, 0) is 32.0 Å². The number of aryl methyl sites for hydroxylation is 1. The molecule has 1 fully saturated rings. The zero-order valence-corrected chi connectivity index (χ0v) is 24.3. The van der Waals surface area contributed by atoms with Gasteiger partial charge in [0.15, 0.2) is 0 Å². The number of aromatic nitrogens is 1. The number of amides is 2. The van der Waals surface area contributed by atoms with Crippen molar-refractivity contribution in [2.24, 2.45) is 5.92 Å². The first-order valence-electron chi connectivity index (χ1n) is 13.3. The second kappa shape index (κ2) is 12.1. The third-order valence-corrected chi connectivity index (χ3v) is 5.90. The number of carbonyl (C=O) groups excluding carboxylic acids is 3.